The third-order valence-electron chi connectivity index (χ3n) is 4.63. The lowest BCUT2D eigenvalue weighted by atomic mass is 10.1. The first-order valence-corrected chi connectivity index (χ1v) is 10.9. The van der Waals surface area contributed by atoms with E-state index in [0.717, 1.165) is 5.56 Å². The fourth-order valence-corrected chi connectivity index (χ4v) is 3.69. The van der Waals surface area contributed by atoms with Gasteiger partial charge >= 0.3 is 0 Å². The molecule has 3 aromatic rings. The SMILES string of the molecule is Cc1ccc(NC(=O)/C(C#N)=C\c2cc(Cl)c(OCc3cccc([N+](=O)[O-])c3)c(Cl)c2)cc1Cl. The number of nitro groups is 1. The van der Waals surface area contributed by atoms with Crippen LogP contribution in [0.3, 0.4) is 0 Å². The predicted octanol–water partition coefficient (Wildman–Crippen LogP) is 6.99. The lowest BCUT2D eigenvalue weighted by Gasteiger charge is -2.11. The van der Waals surface area contributed by atoms with Crippen LogP contribution >= 0.6 is 34.8 Å². The lowest BCUT2D eigenvalue weighted by molar-refractivity contribution is -0.384. The van der Waals surface area contributed by atoms with Gasteiger partial charge in [0.15, 0.2) is 5.75 Å². The van der Waals surface area contributed by atoms with Crippen molar-refractivity contribution >= 4 is 58.2 Å². The predicted molar refractivity (Wildman–Crippen MR) is 132 cm³/mol. The molecule has 34 heavy (non-hydrogen) atoms. The molecule has 172 valence electrons. The molecule has 3 rings (SSSR count). The molecule has 10 heteroatoms. The van der Waals surface area contributed by atoms with E-state index in [1.54, 1.807) is 30.3 Å². The van der Waals surface area contributed by atoms with Crippen molar-refractivity contribution in [1.82, 2.24) is 0 Å². The molecule has 1 N–H and O–H groups in total. The van der Waals surface area contributed by atoms with Crippen LogP contribution in [0.2, 0.25) is 15.1 Å². The Morgan fingerprint density at radius 1 is 1.12 bits per heavy atom. The second-order valence-electron chi connectivity index (χ2n) is 7.12. The summed E-state index contributed by atoms with van der Waals surface area (Å²) in [6, 6.07) is 15.8. The van der Waals surface area contributed by atoms with Crippen LogP contribution in [0.5, 0.6) is 5.75 Å². The van der Waals surface area contributed by atoms with Crippen molar-refractivity contribution in [1.29, 1.82) is 5.26 Å². The van der Waals surface area contributed by atoms with Crippen LogP contribution in [0.15, 0.2) is 60.2 Å². The monoisotopic (exact) mass is 515 g/mol. The smallest absolute Gasteiger partial charge is 0.269 e. The Hall–Kier alpha value is -3.57. The molecule has 0 atom stereocenters. The molecule has 0 aliphatic rings. The Bertz CT molecular complexity index is 1330. The average Bonchev–Trinajstić information content (AvgIpc) is 2.79. The maximum absolute atomic E-state index is 12.5. The highest BCUT2D eigenvalue weighted by atomic mass is 35.5. The van der Waals surface area contributed by atoms with Crippen LogP contribution in [0, 0.1) is 28.4 Å². The van der Waals surface area contributed by atoms with Gasteiger partial charge in [0.25, 0.3) is 11.6 Å². The largest absolute Gasteiger partial charge is 0.486 e. The average molecular weight is 517 g/mol. The highest BCUT2D eigenvalue weighted by molar-refractivity contribution is 6.37. The molecule has 0 aliphatic heterocycles. The van der Waals surface area contributed by atoms with E-state index < -0.39 is 10.8 Å². The van der Waals surface area contributed by atoms with Gasteiger partial charge in [0.1, 0.15) is 18.2 Å². The highest BCUT2D eigenvalue weighted by Gasteiger charge is 2.14. The number of amides is 1. The summed E-state index contributed by atoms with van der Waals surface area (Å²) in [6.07, 6.45) is 1.34. The minimum Gasteiger partial charge on any atom is -0.486 e. The molecule has 0 radical (unpaired) electrons. The number of benzene rings is 3. The van der Waals surface area contributed by atoms with E-state index in [1.807, 2.05) is 13.0 Å². The number of rotatable bonds is 7. The molecular weight excluding hydrogens is 501 g/mol. The van der Waals surface area contributed by atoms with Gasteiger partial charge in [-0.05, 0) is 54.0 Å². The molecule has 1 amide bonds. The summed E-state index contributed by atoms with van der Waals surface area (Å²) in [5.74, 6) is -0.454. The third-order valence-corrected chi connectivity index (χ3v) is 5.60. The van der Waals surface area contributed by atoms with Crippen molar-refractivity contribution in [3.05, 3.63) is 102 Å². The van der Waals surface area contributed by atoms with Crippen LogP contribution in [0.1, 0.15) is 16.7 Å². The van der Waals surface area contributed by atoms with Gasteiger partial charge in [0.2, 0.25) is 0 Å². The zero-order chi connectivity index (χ0) is 24.8. The summed E-state index contributed by atoms with van der Waals surface area (Å²) in [6.45, 7) is 1.83. The molecule has 3 aromatic carbocycles. The number of ether oxygens (including phenoxy) is 1. The number of non-ortho nitro benzene ring substituents is 1. The van der Waals surface area contributed by atoms with E-state index in [0.29, 0.717) is 21.8 Å². The van der Waals surface area contributed by atoms with E-state index in [2.05, 4.69) is 5.32 Å². The first-order valence-electron chi connectivity index (χ1n) is 9.72. The fourth-order valence-electron chi connectivity index (χ4n) is 2.90. The van der Waals surface area contributed by atoms with Crippen molar-refractivity contribution in [2.75, 3.05) is 5.32 Å². The van der Waals surface area contributed by atoms with Gasteiger partial charge in [-0.15, -0.1) is 0 Å². The number of nitriles is 1. The van der Waals surface area contributed by atoms with Crippen LogP contribution in [-0.2, 0) is 11.4 Å². The van der Waals surface area contributed by atoms with Gasteiger partial charge in [-0.1, -0.05) is 53.0 Å². The van der Waals surface area contributed by atoms with Crippen LogP contribution < -0.4 is 10.1 Å². The molecule has 0 fully saturated rings. The van der Waals surface area contributed by atoms with Crippen molar-refractivity contribution in [2.24, 2.45) is 0 Å². The molecule has 0 saturated carbocycles. The first-order chi connectivity index (χ1) is 16.2. The highest BCUT2D eigenvalue weighted by Crippen LogP contribution is 2.35. The second kappa shape index (κ2) is 11.0. The van der Waals surface area contributed by atoms with Gasteiger partial charge in [0.05, 0.1) is 15.0 Å². The molecule has 0 saturated heterocycles. The number of nitrogens with one attached hydrogen (secondary N) is 1. The zero-order valence-electron chi connectivity index (χ0n) is 17.6. The Morgan fingerprint density at radius 3 is 2.44 bits per heavy atom. The molecule has 0 bridgehead atoms. The third kappa shape index (κ3) is 6.27. The van der Waals surface area contributed by atoms with Crippen molar-refractivity contribution in [3.63, 3.8) is 0 Å². The van der Waals surface area contributed by atoms with Crippen LogP contribution in [0.25, 0.3) is 6.08 Å². The zero-order valence-corrected chi connectivity index (χ0v) is 19.9. The minimum absolute atomic E-state index is 0.00126. The van der Waals surface area contributed by atoms with E-state index in [4.69, 9.17) is 39.5 Å². The van der Waals surface area contributed by atoms with E-state index in [1.165, 1.54) is 30.3 Å². The number of aryl methyl sites for hydroxylation is 1. The minimum atomic E-state index is -0.624. The number of hydrogen-bond acceptors (Lipinski definition) is 5. The topological polar surface area (TPSA) is 105 Å². The number of nitro benzene ring substituents is 1. The molecule has 0 aromatic heterocycles. The number of halogens is 3. The van der Waals surface area contributed by atoms with Crippen molar-refractivity contribution in [3.8, 4) is 11.8 Å². The summed E-state index contributed by atoms with van der Waals surface area (Å²) < 4.78 is 5.66. The van der Waals surface area contributed by atoms with E-state index in [-0.39, 0.29) is 33.7 Å². The molecule has 0 unspecified atom stereocenters. The Morgan fingerprint density at radius 2 is 1.82 bits per heavy atom. The number of carbonyl (C=O) groups is 1. The van der Waals surface area contributed by atoms with Crippen molar-refractivity contribution < 1.29 is 14.5 Å². The molecule has 0 aliphatic carbocycles. The first kappa shape index (κ1) is 25.1. The molecule has 0 heterocycles. The molecule has 0 spiro atoms. The normalized spacial score (nSPS) is 11.0. The van der Waals surface area contributed by atoms with Crippen molar-refractivity contribution in [2.45, 2.75) is 13.5 Å². The quantitative estimate of drug-likeness (QED) is 0.158. The number of anilines is 1. The fraction of sp³-hybridized carbons (Fsp3) is 0.0833. The summed E-state index contributed by atoms with van der Waals surface area (Å²) in [5.41, 5.74) is 2.04. The number of carbonyl (C=O) groups excluding carboxylic acids is 1. The van der Waals surface area contributed by atoms with Crippen LogP contribution in [0.4, 0.5) is 11.4 Å². The van der Waals surface area contributed by atoms with Crippen LogP contribution in [-0.4, -0.2) is 10.8 Å². The maximum Gasteiger partial charge on any atom is 0.269 e. The summed E-state index contributed by atoms with van der Waals surface area (Å²) in [5, 5.41) is 23.8. The van der Waals surface area contributed by atoms with E-state index in [9.17, 15) is 20.2 Å². The van der Waals surface area contributed by atoms with Gasteiger partial charge < -0.3 is 10.1 Å². The van der Waals surface area contributed by atoms with Gasteiger partial charge in [-0.3, -0.25) is 14.9 Å². The van der Waals surface area contributed by atoms with Gasteiger partial charge in [0, 0.05) is 22.8 Å². The summed E-state index contributed by atoms with van der Waals surface area (Å²) in [4.78, 5) is 23.0. The van der Waals surface area contributed by atoms with E-state index >= 15 is 0 Å². The summed E-state index contributed by atoms with van der Waals surface area (Å²) in [7, 11) is 0. The van der Waals surface area contributed by atoms with Gasteiger partial charge in [-0.2, -0.15) is 5.26 Å². The Kier molecular flexibility index (Phi) is 8.13. The summed E-state index contributed by atoms with van der Waals surface area (Å²) >= 11 is 18.7. The molecular formula is C24H16Cl3N3O4. The second-order valence-corrected chi connectivity index (χ2v) is 8.34. The number of nitrogens with zero attached hydrogens (tertiary/aromatic N) is 2. The Labute approximate surface area is 210 Å². The standard InChI is InChI=1S/C24H16Cl3N3O4/c1-14-5-6-18(11-20(14)25)29-24(31)17(12-28)7-16-9-21(26)23(22(27)10-16)34-13-15-3-2-4-19(8-15)30(32)33/h2-11H,13H2,1H3,(H,29,31)/b17-7-. The molecule has 7 nitrogen and oxygen atoms in total. The maximum atomic E-state index is 12.5. The number of hydrogen-bond donors (Lipinski definition) is 1. The lowest BCUT2D eigenvalue weighted by Crippen LogP contribution is -2.13. The Balaban J connectivity index is 1.77. The van der Waals surface area contributed by atoms with Gasteiger partial charge in [-0.25, -0.2) is 0 Å².